The van der Waals surface area contributed by atoms with Crippen LogP contribution in [0.4, 0.5) is 5.69 Å². The molecule has 0 spiro atoms. The molecule has 1 aromatic carbocycles. The van der Waals surface area contributed by atoms with Crippen molar-refractivity contribution in [2.24, 2.45) is 0 Å². The number of aromatic nitrogens is 6. The molecule has 3 aromatic heterocycles. The van der Waals surface area contributed by atoms with Crippen LogP contribution in [0.1, 0.15) is 22.0 Å². The van der Waals surface area contributed by atoms with Gasteiger partial charge in [0, 0.05) is 28.9 Å². The molecule has 164 valence electrons. The highest BCUT2D eigenvalue weighted by atomic mass is 32.2. The zero-order chi connectivity index (χ0) is 22.4. The second-order valence-electron chi connectivity index (χ2n) is 7.67. The molecule has 4 heterocycles. The van der Waals surface area contributed by atoms with Crippen LogP contribution < -0.4 is 10.7 Å². The summed E-state index contributed by atoms with van der Waals surface area (Å²) in [7, 11) is 0. The predicted octanol–water partition coefficient (Wildman–Crippen LogP) is 2.91. The number of hydrogen-bond acceptors (Lipinski definition) is 8. The van der Waals surface area contributed by atoms with E-state index in [1.165, 1.54) is 22.0 Å². The van der Waals surface area contributed by atoms with Crippen molar-refractivity contribution in [3.63, 3.8) is 0 Å². The minimum Gasteiger partial charge on any atom is -0.334 e. The number of thiazole rings is 1. The van der Waals surface area contributed by atoms with Gasteiger partial charge in [0.2, 0.25) is 11.1 Å². The number of anilines is 1. The van der Waals surface area contributed by atoms with Gasteiger partial charge in [0.15, 0.2) is 0 Å². The Bertz CT molecular complexity index is 1320. The zero-order valence-corrected chi connectivity index (χ0v) is 19.6. The monoisotopic (exact) mass is 466 g/mol. The number of amides is 1. The molecule has 9 nitrogen and oxygen atoms in total. The Morgan fingerprint density at radius 1 is 1.22 bits per heavy atom. The second kappa shape index (κ2) is 8.06. The van der Waals surface area contributed by atoms with Crippen LogP contribution in [0.2, 0.25) is 0 Å². The number of aryl methyl sites for hydroxylation is 3. The fraction of sp³-hybridized carbons (Fsp3) is 0.286. The van der Waals surface area contributed by atoms with Crippen molar-refractivity contribution >= 4 is 34.7 Å². The highest BCUT2D eigenvalue weighted by Crippen LogP contribution is 2.33. The molecule has 0 unspecified atom stereocenters. The van der Waals surface area contributed by atoms with Gasteiger partial charge in [-0.2, -0.15) is 5.10 Å². The van der Waals surface area contributed by atoms with E-state index in [1.807, 2.05) is 43.9 Å². The third kappa shape index (κ3) is 3.67. The Morgan fingerprint density at radius 3 is 2.78 bits per heavy atom. The summed E-state index contributed by atoms with van der Waals surface area (Å²) < 4.78 is 3.02. The number of carbonyl (C=O) groups is 1. The summed E-state index contributed by atoms with van der Waals surface area (Å²) in [6, 6.07) is 8.13. The van der Waals surface area contributed by atoms with Crippen molar-refractivity contribution in [3.05, 3.63) is 51.6 Å². The third-order valence-corrected chi connectivity index (χ3v) is 7.06. The number of benzene rings is 1. The van der Waals surface area contributed by atoms with Crippen molar-refractivity contribution in [1.82, 2.24) is 29.6 Å². The first kappa shape index (κ1) is 20.7. The van der Waals surface area contributed by atoms with Gasteiger partial charge in [-0.05, 0) is 51.0 Å². The summed E-state index contributed by atoms with van der Waals surface area (Å²) in [4.78, 5) is 19.4. The summed E-state index contributed by atoms with van der Waals surface area (Å²) in [5.74, 6) is 6.84. The smallest absolute Gasteiger partial charge is 0.271 e. The first-order valence-electron chi connectivity index (χ1n) is 10.1. The molecule has 32 heavy (non-hydrogen) atoms. The maximum Gasteiger partial charge on any atom is 0.271 e. The average Bonchev–Trinajstić information content (AvgIpc) is 3.53. The minimum atomic E-state index is 0.0154. The molecule has 0 aliphatic carbocycles. The maximum absolute atomic E-state index is 13.0. The highest BCUT2D eigenvalue weighted by molar-refractivity contribution is 7.99. The zero-order valence-electron chi connectivity index (χ0n) is 17.9. The van der Waals surface area contributed by atoms with E-state index in [2.05, 4.69) is 31.7 Å². The van der Waals surface area contributed by atoms with Gasteiger partial charge in [-0.1, -0.05) is 17.8 Å². The summed E-state index contributed by atoms with van der Waals surface area (Å²) in [6.45, 7) is 6.50. The van der Waals surface area contributed by atoms with Gasteiger partial charge in [-0.15, -0.1) is 21.5 Å². The van der Waals surface area contributed by atoms with Crippen LogP contribution in [0.3, 0.4) is 0 Å². The third-order valence-electron chi connectivity index (χ3n) is 5.36. The molecule has 4 aromatic rings. The molecule has 5 rings (SSSR count). The van der Waals surface area contributed by atoms with Crippen LogP contribution in [0.15, 0.2) is 34.8 Å². The highest BCUT2D eigenvalue weighted by Gasteiger charge is 2.26. The van der Waals surface area contributed by atoms with E-state index in [9.17, 15) is 4.79 Å². The van der Waals surface area contributed by atoms with Crippen LogP contribution in [0.5, 0.6) is 0 Å². The number of hydrogen-bond donors (Lipinski definition) is 1. The van der Waals surface area contributed by atoms with Crippen LogP contribution in [-0.4, -0.2) is 47.8 Å². The van der Waals surface area contributed by atoms with Gasteiger partial charge >= 0.3 is 0 Å². The summed E-state index contributed by atoms with van der Waals surface area (Å²) in [5, 5.41) is 16.3. The molecule has 0 saturated heterocycles. The second-order valence-corrected chi connectivity index (χ2v) is 9.68. The van der Waals surface area contributed by atoms with Crippen molar-refractivity contribution in [2.75, 3.05) is 23.0 Å². The minimum absolute atomic E-state index is 0.0154. The number of thioether (sulfide) groups is 1. The largest absolute Gasteiger partial charge is 0.334 e. The Labute approximate surface area is 193 Å². The normalized spacial score (nSPS) is 13.0. The molecular weight excluding hydrogens is 444 g/mol. The van der Waals surface area contributed by atoms with E-state index in [4.69, 9.17) is 5.84 Å². The van der Waals surface area contributed by atoms with Crippen molar-refractivity contribution in [2.45, 2.75) is 32.3 Å². The molecule has 0 atom stereocenters. The average molecular weight is 467 g/mol. The number of nitrogens with zero attached hydrogens (tertiary/aromatic N) is 7. The molecule has 1 aliphatic heterocycles. The SMILES string of the molecule is Cc1cc(C)n(-c2nnc(SCC(=O)N3CCc4cc(-c5csc(C)n5)ccc43)n2N)n1. The van der Waals surface area contributed by atoms with Gasteiger partial charge in [-0.25, -0.2) is 14.3 Å². The Morgan fingerprint density at radius 2 is 2.06 bits per heavy atom. The predicted molar refractivity (Wildman–Crippen MR) is 126 cm³/mol. The molecule has 11 heteroatoms. The Hall–Kier alpha value is -3.18. The number of rotatable bonds is 5. The fourth-order valence-corrected chi connectivity index (χ4v) is 5.21. The van der Waals surface area contributed by atoms with Gasteiger partial charge in [0.25, 0.3) is 5.95 Å². The lowest BCUT2D eigenvalue weighted by molar-refractivity contribution is -0.116. The van der Waals surface area contributed by atoms with Crippen molar-refractivity contribution in [3.8, 4) is 17.2 Å². The molecule has 0 saturated carbocycles. The van der Waals surface area contributed by atoms with E-state index in [0.717, 1.165) is 39.8 Å². The van der Waals surface area contributed by atoms with E-state index in [1.54, 1.807) is 16.0 Å². The summed E-state index contributed by atoms with van der Waals surface area (Å²) in [6.07, 6.45) is 0.831. The molecule has 0 radical (unpaired) electrons. The maximum atomic E-state index is 13.0. The number of carbonyl (C=O) groups excluding carboxylic acids is 1. The van der Waals surface area contributed by atoms with Crippen molar-refractivity contribution in [1.29, 1.82) is 0 Å². The van der Waals surface area contributed by atoms with Gasteiger partial charge in [0.05, 0.1) is 22.1 Å². The van der Waals surface area contributed by atoms with E-state index in [-0.39, 0.29) is 11.7 Å². The summed E-state index contributed by atoms with van der Waals surface area (Å²) in [5.41, 5.74) is 5.98. The van der Waals surface area contributed by atoms with E-state index in [0.29, 0.717) is 17.6 Å². The lowest BCUT2D eigenvalue weighted by Gasteiger charge is -2.17. The van der Waals surface area contributed by atoms with Gasteiger partial charge in [-0.3, -0.25) is 4.79 Å². The molecule has 0 bridgehead atoms. The molecule has 1 aliphatic rings. The van der Waals surface area contributed by atoms with Crippen molar-refractivity contribution < 1.29 is 4.79 Å². The first-order chi connectivity index (χ1) is 15.4. The lowest BCUT2D eigenvalue weighted by Crippen LogP contribution is -2.30. The number of fused-ring (bicyclic) bond motifs is 1. The van der Waals surface area contributed by atoms with E-state index >= 15 is 0 Å². The molecular formula is C21H22N8OS2. The number of nitrogens with two attached hydrogens (primary N) is 1. The first-order valence-corrected chi connectivity index (χ1v) is 12.0. The van der Waals surface area contributed by atoms with Crippen LogP contribution in [0.25, 0.3) is 17.2 Å². The molecule has 0 fully saturated rings. The summed E-state index contributed by atoms with van der Waals surface area (Å²) >= 11 is 2.91. The van der Waals surface area contributed by atoms with Crippen LogP contribution in [0, 0.1) is 20.8 Å². The van der Waals surface area contributed by atoms with Gasteiger partial charge in [0.1, 0.15) is 0 Å². The standard InChI is InChI=1S/C21H22N8OS2/c1-12-8-13(2)29(26-12)20-24-25-21(28(20)22)32-11-19(30)27-7-6-16-9-15(4-5-18(16)27)17-10-31-14(3)23-17/h4-5,8-10H,6-7,11,22H2,1-3H3. The lowest BCUT2D eigenvalue weighted by atomic mass is 10.1. The molecule has 2 N–H and O–H groups in total. The molecule has 1 amide bonds. The fourth-order valence-electron chi connectivity index (χ4n) is 3.86. The number of nitrogen functional groups attached to an aromatic ring is 1. The Balaban J connectivity index is 1.29. The quantitative estimate of drug-likeness (QED) is 0.356. The van der Waals surface area contributed by atoms with Crippen LogP contribution >= 0.6 is 23.1 Å². The van der Waals surface area contributed by atoms with E-state index < -0.39 is 0 Å². The van der Waals surface area contributed by atoms with Gasteiger partial charge < -0.3 is 10.7 Å². The topological polar surface area (TPSA) is 108 Å². The van der Waals surface area contributed by atoms with Crippen LogP contribution in [-0.2, 0) is 11.2 Å². The Kier molecular flexibility index (Phi) is 5.22.